The Kier molecular flexibility index (Phi) is 12.2. The maximum Gasteiger partial charge on any atom is 0.0487 e. The molecular formula is C21H42O. The molecule has 22 heavy (non-hydrogen) atoms. The maximum atomic E-state index is 9.72. The number of hydrogen-bond acceptors (Lipinski definition) is 1. The fraction of sp³-hybridized carbons (Fsp3) is 1.00. The van der Waals surface area contributed by atoms with E-state index < -0.39 is 0 Å². The van der Waals surface area contributed by atoms with Gasteiger partial charge in [0.25, 0.3) is 0 Å². The predicted octanol–water partition coefficient (Wildman–Crippen LogP) is 7.02. The topological polar surface area (TPSA) is 20.2 Å². The zero-order valence-electron chi connectivity index (χ0n) is 15.4. The monoisotopic (exact) mass is 310 g/mol. The summed E-state index contributed by atoms with van der Waals surface area (Å²) in [5, 5.41) is 9.72. The second-order valence-corrected chi connectivity index (χ2v) is 7.86. The lowest BCUT2D eigenvalue weighted by Gasteiger charge is -2.35. The summed E-state index contributed by atoms with van der Waals surface area (Å²) < 4.78 is 0. The van der Waals surface area contributed by atoms with Gasteiger partial charge in [-0.15, -0.1) is 0 Å². The summed E-state index contributed by atoms with van der Waals surface area (Å²) in [4.78, 5) is 0. The lowest BCUT2D eigenvalue weighted by atomic mass is 9.71. The van der Waals surface area contributed by atoms with Gasteiger partial charge in [-0.25, -0.2) is 0 Å². The zero-order chi connectivity index (χ0) is 15.9. The molecule has 0 saturated heterocycles. The van der Waals surface area contributed by atoms with Crippen LogP contribution in [-0.4, -0.2) is 11.7 Å². The summed E-state index contributed by atoms with van der Waals surface area (Å²) in [7, 11) is 0. The maximum absolute atomic E-state index is 9.72. The van der Waals surface area contributed by atoms with E-state index >= 15 is 0 Å². The normalized spacial score (nSPS) is 17.7. The molecule has 0 bridgehead atoms. The Morgan fingerprint density at radius 2 is 1.09 bits per heavy atom. The van der Waals surface area contributed by atoms with Gasteiger partial charge in [-0.2, -0.15) is 0 Å². The van der Waals surface area contributed by atoms with Gasteiger partial charge in [0, 0.05) is 6.61 Å². The molecule has 0 spiro atoms. The van der Waals surface area contributed by atoms with Crippen LogP contribution in [0.4, 0.5) is 0 Å². The van der Waals surface area contributed by atoms with E-state index in [9.17, 15) is 5.11 Å². The van der Waals surface area contributed by atoms with Crippen molar-refractivity contribution >= 4 is 0 Å². The fourth-order valence-electron chi connectivity index (χ4n) is 4.13. The predicted molar refractivity (Wildman–Crippen MR) is 98.3 cm³/mol. The molecule has 1 aliphatic carbocycles. The number of hydrogen-bond donors (Lipinski definition) is 1. The molecule has 1 N–H and O–H groups in total. The van der Waals surface area contributed by atoms with Crippen LogP contribution < -0.4 is 0 Å². The molecular weight excluding hydrogens is 268 g/mol. The van der Waals surface area contributed by atoms with Crippen LogP contribution in [0.5, 0.6) is 0 Å². The van der Waals surface area contributed by atoms with Crippen molar-refractivity contribution in [1.82, 2.24) is 0 Å². The fourth-order valence-corrected chi connectivity index (χ4v) is 4.13. The summed E-state index contributed by atoms with van der Waals surface area (Å²) in [6.45, 7) is 2.72. The molecule has 0 unspecified atom stereocenters. The molecule has 1 nitrogen and oxygen atoms in total. The highest BCUT2D eigenvalue weighted by Crippen LogP contribution is 2.40. The Labute approximate surface area is 140 Å². The summed E-state index contributed by atoms with van der Waals surface area (Å²) in [6.07, 6.45) is 25.0. The van der Waals surface area contributed by atoms with Gasteiger partial charge in [-0.05, 0) is 24.7 Å². The Morgan fingerprint density at radius 1 is 0.636 bits per heavy atom. The second kappa shape index (κ2) is 13.4. The second-order valence-electron chi connectivity index (χ2n) is 7.86. The Balaban J connectivity index is 1.85. The molecule has 1 rings (SSSR count). The van der Waals surface area contributed by atoms with Crippen LogP contribution in [0.2, 0.25) is 0 Å². The van der Waals surface area contributed by atoms with Gasteiger partial charge in [0.2, 0.25) is 0 Å². The van der Waals surface area contributed by atoms with Gasteiger partial charge in [0.15, 0.2) is 0 Å². The largest absolute Gasteiger partial charge is 0.396 e. The van der Waals surface area contributed by atoms with Crippen LogP contribution in [0.15, 0.2) is 0 Å². The van der Waals surface area contributed by atoms with Crippen molar-refractivity contribution in [2.24, 2.45) is 5.41 Å². The highest BCUT2D eigenvalue weighted by Gasteiger charge is 2.30. The smallest absolute Gasteiger partial charge is 0.0487 e. The Morgan fingerprint density at radius 3 is 1.55 bits per heavy atom. The number of unbranched alkanes of at least 4 members (excludes halogenated alkanes) is 11. The number of aliphatic hydroxyl groups excluding tert-OH is 1. The molecule has 0 aliphatic heterocycles. The summed E-state index contributed by atoms with van der Waals surface area (Å²) >= 11 is 0. The third-order valence-corrected chi connectivity index (χ3v) is 5.81. The lowest BCUT2D eigenvalue weighted by molar-refractivity contribution is 0.0706. The van der Waals surface area contributed by atoms with Crippen molar-refractivity contribution < 1.29 is 5.11 Å². The number of aliphatic hydroxyl groups is 1. The molecule has 1 aliphatic rings. The van der Waals surface area contributed by atoms with Gasteiger partial charge in [0.1, 0.15) is 0 Å². The molecule has 0 aromatic carbocycles. The van der Waals surface area contributed by atoms with Crippen LogP contribution >= 0.6 is 0 Å². The minimum atomic E-state index is 0.316. The molecule has 1 saturated carbocycles. The van der Waals surface area contributed by atoms with Crippen LogP contribution in [-0.2, 0) is 0 Å². The van der Waals surface area contributed by atoms with E-state index in [0.29, 0.717) is 12.0 Å². The zero-order valence-corrected chi connectivity index (χ0v) is 15.4. The average molecular weight is 311 g/mol. The van der Waals surface area contributed by atoms with E-state index in [0.717, 1.165) is 0 Å². The third-order valence-electron chi connectivity index (χ3n) is 5.81. The highest BCUT2D eigenvalue weighted by molar-refractivity contribution is 4.82. The minimum absolute atomic E-state index is 0.316. The molecule has 0 aromatic rings. The molecule has 0 heterocycles. The van der Waals surface area contributed by atoms with Crippen LogP contribution in [0.25, 0.3) is 0 Å². The first-order chi connectivity index (χ1) is 10.8. The van der Waals surface area contributed by atoms with Crippen LogP contribution in [0.1, 0.15) is 122 Å². The van der Waals surface area contributed by atoms with Gasteiger partial charge in [0.05, 0.1) is 0 Å². The van der Waals surface area contributed by atoms with E-state index in [1.807, 2.05) is 0 Å². The molecule has 0 aromatic heterocycles. The van der Waals surface area contributed by atoms with Crippen molar-refractivity contribution in [3.05, 3.63) is 0 Å². The minimum Gasteiger partial charge on any atom is -0.396 e. The van der Waals surface area contributed by atoms with Crippen molar-refractivity contribution in [3.8, 4) is 0 Å². The molecule has 132 valence electrons. The molecule has 0 radical (unpaired) electrons. The first kappa shape index (κ1) is 20.0. The summed E-state index contributed by atoms with van der Waals surface area (Å²) in [5.74, 6) is 0. The summed E-state index contributed by atoms with van der Waals surface area (Å²) in [6, 6.07) is 0. The molecule has 1 fully saturated rings. The standard InChI is InChI=1S/C21H42O/c1-2-3-4-5-6-7-8-9-10-11-12-14-17-21(20-22)18-15-13-16-19-21/h22H,2-20H2,1H3. The Hall–Kier alpha value is -0.0400. The van der Waals surface area contributed by atoms with Crippen molar-refractivity contribution in [1.29, 1.82) is 0 Å². The molecule has 0 atom stereocenters. The van der Waals surface area contributed by atoms with E-state index in [2.05, 4.69) is 6.92 Å². The average Bonchev–Trinajstić information content (AvgIpc) is 2.57. The van der Waals surface area contributed by atoms with Crippen molar-refractivity contribution in [3.63, 3.8) is 0 Å². The molecule has 1 heteroatoms. The quantitative estimate of drug-likeness (QED) is 0.342. The van der Waals surface area contributed by atoms with E-state index in [-0.39, 0.29) is 0 Å². The molecule has 0 amide bonds. The number of rotatable bonds is 14. The van der Waals surface area contributed by atoms with Gasteiger partial charge >= 0.3 is 0 Å². The van der Waals surface area contributed by atoms with Crippen LogP contribution in [0, 0.1) is 5.41 Å². The van der Waals surface area contributed by atoms with Gasteiger partial charge < -0.3 is 5.11 Å². The van der Waals surface area contributed by atoms with E-state index in [1.54, 1.807) is 0 Å². The highest BCUT2D eigenvalue weighted by atomic mass is 16.3. The van der Waals surface area contributed by atoms with E-state index in [1.165, 1.54) is 116 Å². The van der Waals surface area contributed by atoms with E-state index in [4.69, 9.17) is 0 Å². The van der Waals surface area contributed by atoms with Gasteiger partial charge in [-0.1, -0.05) is 103 Å². The first-order valence-electron chi connectivity index (χ1n) is 10.4. The third kappa shape index (κ3) is 9.18. The van der Waals surface area contributed by atoms with Crippen LogP contribution in [0.3, 0.4) is 0 Å². The van der Waals surface area contributed by atoms with Crippen molar-refractivity contribution in [2.45, 2.75) is 122 Å². The lowest BCUT2D eigenvalue weighted by Crippen LogP contribution is -2.28. The van der Waals surface area contributed by atoms with Crippen molar-refractivity contribution in [2.75, 3.05) is 6.61 Å². The Bertz CT molecular complexity index is 230. The SMILES string of the molecule is CCCCCCCCCCCCCCC1(CO)CCCCC1. The first-order valence-corrected chi connectivity index (χ1v) is 10.4. The summed E-state index contributed by atoms with van der Waals surface area (Å²) in [5.41, 5.74) is 0.316. The van der Waals surface area contributed by atoms with Gasteiger partial charge in [-0.3, -0.25) is 0 Å².